The minimum atomic E-state index is -0.0600. The van der Waals surface area contributed by atoms with Crippen molar-refractivity contribution in [3.63, 3.8) is 0 Å². The topological polar surface area (TPSA) is 44.5 Å². The van der Waals surface area contributed by atoms with E-state index in [2.05, 4.69) is 0 Å². The predicted molar refractivity (Wildman–Crippen MR) is 56.4 cm³/mol. The van der Waals surface area contributed by atoms with Crippen LogP contribution in [0.1, 0.15) is 6.92 Å². The van der Waals surface area contributed by atoms with E-state index in [4.69, 9.17) is 15.2 Å². The maximum absolute atomic E-state index is 5.76. The van der Waals surface area contributed by atoms with Crippen LogP contribution in [0, 0.1) is 0 Å². The van der Waals surface area contributed by atoms with Crippen LogP contribution >= 0.6 is 0 Å². The van der Waals surface area contributed by atoms with Crippen molar-refractivity contribution < 1.29 is 9.47 Å². The standard InChI is InChI=1S/C11H17NO2/c1-2-13-8-10(12)9-14-11-6-4-3-5-7-11/h3-7,10H,2,8-9,12H2,1H3. The fraction of sp³-hybridized carbons (Fsp3) is 0.455. The minimum absolute atomic E-state index is 0.0600. The fourth-order valence-corrected chi connectivity index (χ4v) is 1.04. The molecule has 1 atom stereocenters. The van der Waals surface area contributed by atoms with Gasteiger partial charge in [-0.25, -0.2) is 0 Å². The first-order chi connectivity index (χ1) is 6.83. The van der Waals surface area contributed by atoms with Gasteiger partial charge in [-0.3, -0.25) is 0 Å². The highest BCUT2D eigenvalue weighted by Gasteiger charge is 2.02. The van der Waals surface area contributed by atoms with Crippen LogP contribution in [0.15, 0.2) is 30.3 Å². The molecule has 0 bridgehead atoms. The Morgan fingerprint density at radius 2 is 1.93 bits per heavy atom. The lowest BCUT2D eigenvalue weighted by molar-refractivity contribution is 0.115. The summed E-state index contributed by atoms with van der Waals surface area (Å²) in [5.41, 5.74) is 5.76. The van der Waals surface area contributed by atoms with Crippen LogP contribution in [-0.2, 0) is 4.74 Å². The SMILES string of the molecule is CCOCC(N)COc1ccccc1. The summed E-state index contributed by atoms with van der Waals surface area (Å²) < 4.78 is 10.6. The van der Waals surface area contributed by atoms with Gasteiger partial charge in [-0.2, -0.15) is 0 Å². The molecule has 0 aliphatic rings. The highest BCUT2D eigenvalue weighted by Crippen LogP contribution is 2.07. The molecule has 3 nitrogen and oxygen atoms in total. The summed E-state index contributed by atoms with van der Waals surface area (Å²) in [6, 6.07) is 9.58. The van der Waals surface area contributed by atoms with Crippen molar-refractivity contribution in [2.45, 2.75) is 13.0 Å². The van der Waals surface area contributed by atoms with Gasteiger partial charge in [-0.05, 0) is 19.1 Å². The normalized spacial score (nSPS) is 12.4. The minimum Gasteiger partial charge on any atom is -0.492 e. The molecule has 14 heavy (non-hydrogen) atoms. The molecule has 78 valence electrons. The van der Waals surface area contributed by atoms with Crippen molar-refractivity contribution in [3.05, 3.63) is 30.3 Å². The molecule has 1 rings (SSSR count). The van der Waals surface area contributed by atoms with Gasteiger partial charge < -0.3 is 15.2 Å². The van der Waals surface area contributed by atoms with E-state index in [9.17, 15) is 0 Å². The third kappa shape index (κ3) is 4.25. The van der Waals surface area contributed by atoms with Crippen LogP contribution in [-0.4, -0.2) is 25.9 Å². The van der Waals surface area contributed by atoms with Gasteiger partial charge in [0.05, 0.1) is 12.6 Å². The second kappa shape index (κ2) is 6.40. The predicted octanol–water partition coefficient (Wildman–Crippen LogP) is 1.43. The van der Waals surface area contributed by atoms with Crippen LogP contribution < -0.4 is 10.5 Å². The zero-order chi connectivity index (χ0) is 10.2. The monoisotopic (exact) mass is 195 g/mol. The second-order valence-electron chi connectivity index (χ2n) is 3.04. The van der Waals surface area contributed by atoms with E-state index in [-0.39, 0.29) is 6.04 Å². The molecule has 0 heterocycles. The molecule has 0 saturated heterocycles. The van der Waals surface area contributed by atoms with Crippen LogP contribution in [0.4, 0.5) is 0 Å². The summed E-state index contributed by atoms with van der Waals surface area (Å²) >= 11 is 0. The van der Waals surface area contributed by atoms with E-state index in [0.29, 0.717) is 19.8 Å². The van der Waals surface area contributed by atoms with Gasteiger partial charge >= 0.3 is 0 Å². The third-order valence-electron chi connectivity index (χ3n) is 1.74. The molecule has 1 aromatic rings. The third-order valence-corrected chi connectivity index (χ3v) is 1.74. The van der Waals surface area contributed by atoms with Crippen molar-refractivity contribution in [1.82, 2.24) is 0 Å². The number of hydrogen-bond acceptors (Lipinski definition) is 3. The number of hydrogen-bond donors (Lipinski definition) is 1. The van der Waals surface area contributed by atoms with Crippen LogP contribution in [0.25, 0.3) is 0 Å². The van der Waals surface area contributed by atoms with Gasteiger partial charge in [0, 0.05) is 6.61 Å². The lowest BCUT2D eigenvalue weighted by Crippen LogP contribution is -2.32. The van der Waals surface area contributed by atoms with Gasteiger partial charge in [0.2, 0.25) is 0 Å². The Balaban J connectivity index is 2.20. The summed E-state index contributed by atoms with van der Waals surface area (Å²) in [5, 5.41) is 0. The largest absolute Gasteiger partial charge is 0.492 e. The van der Waals surface area contributed by atoms with E-state index in [0.717, 1.165) is 5.75 Å². The molecular weight excluding hydrogens is 178 g/mol. The zero-order valence-electron chi connectivity index (χ0n) is 8.48. The van der Waals surface area contributed by atoms with Gasteiger partial charge in [0.25, 0.3) is 0 Å². The molecule has 0 saturated carbocycles. The molecule has 0 spiro atoms. The Kier molecular flexibility index (Phi) is 5.04. The number of para-hydroxylation sites is 1. The van der Waals surface area contributed by atoms with Crippen molar-refractivity contribution in [3.8, 4) is 5.75 Å². The van der Waals surface area contributed by atoms with Crippen LogP contribution in [0.2, 0.25) is 0 Å². The highest BCUT2D eigenvalue weighted by atomic mass is 16.5. The molecule has 3 heteroatoms. The summed E-state index contributed by atoms with van der Waals surface area (Å²) in [4.78, 5) is 0. The Morgan fingerprint density at radius 1 is 1.21 bits per heavy atom. The number of benzene rings is 1. The molecule has 0 aliphatic heterocycles. The quantitative estimate of drug-likeness (QED) is 0.746. The Labute approximate surface area is 84.8 Å². The van der Waals surface area contributed by atoms with E-state index in [1.54, 1.807) is 0 Å². The first kappa shape index (κ1) is 11.0. The fourth-order valence-electron chi connectivity index (χ4n) is 1.04. The molecule has 0 radical (unpaired) electrons. The second-order valence-corrected chi connectivity index (χ2v) is 3.04. The van der Waals surface area contributed by atoms with Crippen LogP contribution in [0.5, 0.6) is 5.75 Å². The van der Waals surface area contributed by atoms with Crippen molar-refractivity contribution >= 4 is 0 Å². The van der Waals surface area contributed by atoms with E-state index >= 15 is 0 Å². The molecule has 0 amide bonds. The molecule has 1 unspecified atom stereocenters. The lowest BCUT2D eigenvalue weighted by Gasteiger charge is -2.12. The van der Waals surface area contributed by atoms with Gasteiger partial charge in [-0.1, -0.05) is 18.2 Å². The summed E-state index contributed by atoms with van der Waals surface area (Å²) in [6.45, 7) is 3.68. The Bertz CT molecular complexity index is 238. The Hall–Kier alpha value is -1.06. The first-order valence-electron chi connectivity index (χ1n) is 4.84. The first-order valence-corrected chi connectivity index (χ1v) is 4.84. The van der Waals surface area contributed by atoms with Gasteiger partial charge in [0.1, 0.15) is 12.4 Å². The maximum Gasteiger partial charge on any atom is 0.119 e. The average Bonchev–Trinajstić information content (AvgIpc) is 2.25. The number of rotatable bonds is 6. The highest BCUT2D eigenvalue weighted by molar-refractivity contribution is 5.20. The molecule has 0 fully saturated rings. The number of nitrogens with two attached hydrogens (primary N) is 1. The molecular formula is C11H17NO2. The zero-order valence-corrected chi connectivity index (χ0v) is 8.48. The Morgan fingerprint density at radius 3 is 2.57 bits per heavy atom. The molecule has 2 N–H and O–H groups in total. The maximum atomic E-state index is 5.76. The average molecular weight is 195 g/mol. The molecule has 0 aliphatic carbocycles. The van der Waals surface area contributed by atoms with Crippen molar-refractivity contribution in [1.29, 1.82) is 0 Å². The summed E-state index contributed by atoms with van der Waals surface area (Å²) in [6.07, 6.45) is 0. The van der Waals surface area contributed by atoms with E-state index in [1.807, 2.05) is 37.3 Å². The molecule has 0 aromatic heterocycles. The summed E-state index contributed by atoms with van der Waals surface area (Å²) in [5.74, 6) is 0.847. The van der Waals surface area contributed by atoms with Crippen LogP contribution in [0.3, 0.4) is 0 Å². The van der Waals surface area contributed by atoms with E-state index in [1.165, 1.54) is 0 Å². The van der Waals surface area contributed by atoms with Crippen molar-refractivity contribution in [2.24, 2.45) is 5.73 Å². The number of ether oxygens (including phenoxy) is 2. The molecule has 1 aromatic carbocycles. The van der Waals surface area contributed by atoms with Crippen molar-refractivity contribution in [2.75, 3.05) is 19.8 Å². The van der Waals surface area contributed by atoms with E-state index < -0.39 is 0 Å². The summed E-state index contributed by atoms with van der Waals surface area (Å²) in [7, 11) is 0. The van der Waals surface area contributed by atoms with Gasteiger partial charge in [0.15, 0.2) is 0 Å². The van der Waals surface area contributed by atoms with Gasteiger partial charge in [-0.15, -0.1) is 0 Å². The lowest BCUT2D eigenvalue weighted by atomic mass is 10.3. The smallest absolute Gasteiger partial charge is 0.119 e.